The normalized spacial score (nSPS) is 9.78. The van der Waals surface area contributed by atoms with Gasteiger partial charge in [0.15, 0.2) is 5.13 Å². The Morgan fingerprint density at radius 3 is 2.94 bits per heavy atom. The molecule has 7 heteroatoms. The fourth-order valence-corrected chi connectivity index (χ4v) is 2.01. The third-order valence-electron chi connectivity index (χ3n) is 2.10. The van der Waals surface area contributed by atoms with Crippen LogP contribution in [0.1, 0.15) is 16.1 Å². The van der Waals surface area contributed by atoms with Crippen LogP contribution in [0.25, 0.3) is 0 Å². The fourth-order valence-electron chi connectivity index (χ4n) is 1.30. The molecule has 0 saturated carbocycles. The second kappa shape index (κ2) is 5.04. The Hall–Kier alpha value is -2.10. The standard InChI is InChI=1S/C11H7ClN4OS/c12-7-2-1-6(4-13)8(3-7)15-10(17)9-5-18-11(14)16-9/h1-3,5H,(H2,14,16)(H,15,17). The Labute approximate surface area is 112 Å². The van der Waals surface area contributed by atoms with Crippen molar-refractivity contribution in [2.24, 2.45) is 0 Å². The highest BCUT2D eigenvalue weighted by atomic mass is 35.5. The van der Waals surface area contributed by atoms with Crippen molar-refractivity contribution in [2.45, 2.75) is 0 Å². The summed E-state index contributed by atoms with van der Waals surface area (Å²) in [5.41, 5.74) is 6.33. The summed E-state index contributed by atoms with van der Waals surface area (Å²) >= 11 is 6.98. The third-order valence-corrected chi connectivity index (χ3v) is 3.01. The van der Waals surface area contributed by atoms with Crippen LogP contribution in [-0.4, -0.2) is 10.9 Å². The lowest BCUT2D eigenvalue weighted by atomic mass is 10.2. The molecule has 0 saturated heterocycles. The van der Waals surface area contributed by atoms with Crippen LogP contribution >= 0.6 is 22.9 Å². The summed E-state index contributed by atoms with van der Waals surface area (Å²) in [5, 5.41) is 13.8. The summed E-state index contributed by atoms with van der Waals surface area (Å²) in [5.74, 6) is -0.429. The highest BCUT2D eigenvalue weighted by molar-refractivity contribution is 7.13. The van der Waals surface area contributed by atoms with Gasteiger partial charge in [0.2, 0.25) is 0 Å². The van der Waals surface area contributed by atoms with Crippen LogP contribution in [0.4, 0.5) is 10.8 Å². The van der Waals surface area contributed by atoms with Gasteiger partial charge in [-0.15, -0.1) is 11.3 Å². The first-order chi connectivity index (χ1) is 8.60. The number of nitrogens with one attached hydrogen (secondary N) is 1. The van der Waals surface area contributed by atoms with Gasteiger partial charge in [-0.05, 0) is 18.2 Å². The topological polar surface area (TPSA) is 91.8 Å². The summed E-state index contributed by atoms with van der Waals surface area (Å²) in [6.07, 6.45) is 0. The Kier molecular flexibility index (Phi) is 3.46. The zero-order valence-electron chi connectivity index (χ0n) is 8.98. The lowest BCUT2D eigenvalue weighted by Crippen LogP contribution is -2.13. The zero-order chi connectivity index (χ0) is 13.1. The Bertz CT molecular complexity index is 647. The van der Waals surface area contributed by atoms with E-state index in [9.17, 15) is 4.79 Å². The monoisotopic (exact) mass is 278 g/mol. The first-order valence-corrected chi connectivity index (χ1v) is 6.08. The van der Waals surface area contributed by atoms with Crippen molar-refractivity contribution in [1.82, 2.24) is 4.98 Å². The molecule has 0 bridgehead atoms. The van der Waals surface area contributed by atoms with Crippen LogP contribution in [0.2, 0.25) is 5.02 Å². The number of nitriles is 1. The van der Waals surface area contributed by atoms with Crippen LogP contribution in [0.15, 0.2) is 23.6 Å². The Morgan fingerprint density at radius 1 is 1.56 bits per heavy atom. The van der Waals surface area contributed by atoms with Crippen LogP contribution in [-0.2, 0) is 0 Å². The van der Waals surface area contributed by atoms with Gasteiger partial charge in [-0.2, -0.15) is 5.26 Å². The van der Waals surface area contributed by atoms with E-state index in [1.165, 1.54) is 23.5 Å². The number of hydrogen-bond donors (Lipinski definition) is 2. The number of amides is 1. The number of carbonyl (C=O) groups is 1. The molecule has 18 heavy (non-hydrogen) atoms. The molecule has 2 aromatic rings. The number of carbonyl (C=O) groups excluding carboxylic acids is 1. The number of aromatic nitrogens is 1. The number of nitrogens with zero attached hydrogens (tertiary/aromatic N) is 2. The van der Waals surface area contributed by atoms with Crippen LogP contribution in [0.3, 0.4) is 0 Å². The average Bonchev–Trinajstić information content (AvgIpc) is 2.76. The van der Waals surface area contributed by atoms with Gasteiger partial charge in [0.1, 0.15) is 11.8 Å². The molecule has 1 aromatic heterocycles. The van der Waals surface area contributed by atoms with E-state index in [0.29, 0.717) is 21.4 Å². The fraction of sp³-hybridized carbons (Fsp3) is 0. The molecule has 3 N–H and O–H groups in total. The molecule has 5 nitrogen and oxygen atoms in total. The third kappa shape index (κ3) is 2.59. The van der Waals surface area contributed by atoms with Gasteiger partial charge >= 0.3 is 0 Å². The van der Waals surface area contributed by atoms with Gasteiger partial charge in [-0.1, -0.05) is 11.6 Å². The lowest BCUT2D eigenvalue weighted by Gasteiger charge is -2.05. The lowest BCUT2D eigenvalue weighted by molar-refractivity contribution is 0.102. The van der Waals surface area contributed by atoms with Crippen LogP contribution in [0.5, 0.6) is 0 Å². The van der Waals surface area contributed by atoms with Crippen molar-refractivity contribution in [3.63, 3.8) is 0 Å². The van der Waals surface area contributed by atoms with Gasteiger partial charge in [0.05, 0.1) is 11.3 Å². The number of hydrogen-bond acceptors (Lipinski definition) is 5. The molecule has 0 aliphatic heterocycles. The van der Waals surface area contributed by atoms with Crippen molar-refractivity contribution in [3.05, 3.63) is 39.9 Å². The smallest absolute Gasteiger partial charge is 0.275 e. The van der Waals surface area contributed by atoms with Crippen LogP contribution in [0, 0.1) is 11.3 Å². The van der Waals surface area contributed by atoms with Crippen molar-refractivity contribution < 1.29 is 4.79 Å². The first-order valence-electron chi connectivity index (χ1n) is 4.82. The SMILES string of the molecule is N#Cc1ccc(Cl)cc1NC(=O)c1csc(N)n1. The molecule has 1 amide bonds. The second-order valence-corrected chi connectivity index (χ2v) is 4.65. The molecule has 0 spiro atoms. The Balaban J connectivity index is 2.27. The largest absolute Gasteiger partial charge is 0.375 e. The van der Waals surface area contributed by atoms with Crippen molar-refractivity contribution in [3.8, 4) is 6.07 Å². The number of nitrogens with two attached hydrogens (primary N) is 1. The van der Waals surface area contributed by atoms with Gasteiger partial charge in [-0.25, -0.2) is 4.98 Å². The van der Waals surface area contributed by atoms with Crippen molar-refractivity contribution >= 4 is 39.7 Å². The molecule has 0 fully saturated rings. The number of nitrogen functional groups attached to an aromatic ring is 1. The predicted molar refractivity (Wildman–Crippen MR) is 70.6 cm³/mol. The highest BCUT2D eigenvalue weighted by Gasteiger charge is 2.12. The molecule has 1 heterocycles. The number of halogens is 1. The summed E-state index contributed by atoms with van der Waals surface area (Å²) in [6.45, 7) is 0. The maximum absolute atomic E-state index is 11.8. The summed E-state index contributed by atoms with van der Waals surface area (Å²) < 4.78 is 0. The molecular formula is C11H7ClN4OS. The quantitative estimate of drug-likeness (QED) is 0.883. The minimum atomic E-state index is -0.429. The zero-order valence-corrected chi connectivity index (χ0v) is 10.5. The Morgan fingerprint density at radius 2 is 2.33 bits per heavy atom. The average molecular weight is 279 g/mol. The molecule has 0 atom stereocenters. The molecule has 2 rings (SSSR count). The van der Waals surface area contributed by atoms with Crippen molar-refractivity contribution in [2.75, 3.05) is 11.1 Å². The molecule has 0 aliphatic carbocycles. The van der Waals surface area contributed by atoms with Gasteiger partial charge < -0.3 is 11.1 Å². The van der Waals surface area contributed by atoms with E-state index in [2.05, 4.69) is 10.3 Å². The predicted octanol–water partition coefficient (Wildman–Crippen LogP) is 2.50. The van der Waals surface area contributed by atoms with Crippen LogP contribution < -0.4 is 11.1 Å². The van der Waals surface area contributed by atoms with E-state index in [1.807, 2.05) is 6.07 Å². The molecule has 90 valence electrons. The van der Waals surface area contributed by atoms with E-state index < -0.39 is 5.91 Å². The van der Waals surface area contributed by atoms with Gasteiger partial charge in [0.25, 0.3) is 5.91 Å². The number of anilines is 2. The summed E-state index contributed by atoms with van der Waals surface area (Å²) in [4.78, 5) is 15.7. The van der Waals surface area contributed by atoms with E-state index in [4.69, 9.17) is 22.6 Å². The molecule has 0 unspecified atom stereocenters. The highest BCUT2D eigenvalue weighted by Crippen LogP contribution is 2.21. The van der Waals surface area contributed by atoms with E-state index in [1.54, 1.807) is 11.4 Å². The molecule has 0 radical (unpaired) electrons. The maximum atomic E-state index is 11.8. The number of thiazole rings is 1. The van der Waals surface area contributed by atoms with E-state index >= 15 is 0 Å². The maximum Gasteiger partial charge on any atom is 0.275 e. The molecular weight excluding hydrogens is 272 g/mol. The number of rotatable bonds is 2. The first kappa shape index (κ1) is 12.4. The number of benzene rings is 1. The minimum Gasteiger partial charge on any atom is -0.375 e. The second-order valence-electron chi connectivity index (χ2n) is 3.33. The van der Waals surface area contributed by atoms with Gasteiger partial charge in [0, 0.05) is 10.4 Å². The van der Waals surface area contributed by atoms with E-state index in [-0.39, 0.29) is 5.69 Å². The summed E-state index contributed by atoms with van der Waals surface area (Å²) in [7, 11) is 0. The summed E-state index contributed by atoms with van der Waals surface area (Å²) in [6, 6.07) is 6.59. The molecule has 1 aromatic carbocycles. The van der Waals surface area contributed by atoms with E-state index in [0.717, 1.165) is 0 Å². The van der Waals surface area contributed by atoms with Crippen molar-refractivity contribution in [1.29, 1.82) is 5.26 Å². The minimum absolute atomic E-state index is 0.210. The molecule has 0 aliphatic rings. The van der Waals surface area contributed by atoms with Gasteiger partial charge in [-0.3, -0.25) is 4.79 Å².